The van der Waals surface area contributed by atoms with Crippen LogP contribution in [-0.4, -0.2) is 28.5 Å². The highest BCUT2D eigenvalue weighted by molar-refractivity contribution is 8.04. The number of ether oxygens (including phenoxy) is 1. The van der Waals surface area contributed by atoms with Crippen LogP contribution >= 0.6 is 11.8 Å². The lowest BCUT2D eigenvalue weighted by Crippen LogP contribution is -2.68. The van der Waals surface area contributed by atoms with Gasteiger partial charge in [0, 0.05) is 6.92 Å². The number of halogens is 2. The Hall–Kier alpha value is -1.13. The van der Waals surface area contributed by atoms with Gasteiger partial charge in [0.2, 0.25) is 0 Å². The average molecular weight is 572 g/mol. The van der Waals surface area contributed by atoms with Crippen molar-refractivity contribution in [2.24, 2.45) is 4.99 Å². The van der Waals surface area contributed by atoms with Gasteiger partial charge in [-0.15, -0.1) is 10.2 Å². The third-order valence-corrected chi connectivity index (χ3v) is 8.54. The third-order valence-electron chi connectivity index (χ3n) is 4.45. The van der Waals surface area contributed by atoms with Crippen LogP contribution in [0.15, 0.2) is 73.1 Å². The molecule has 1 unspecified atom stereocenters. The molecule has 2 aromatic carbocycles. The number of aliphatic imine (C=N–C) groups is 1. The van der Waals surface area contributed by atoms with E-state index in [-0.39, 0.29) is 16.4 Å². The predicted molar refractivity (Wildman–Crippen MR) is 111 cm³/mol. The third kappa shape index (κ3) is 13.1. The summed E-state index contributed by atoms with van der Waals surface area (Å²) in [4.78, 5) is 10.6. The van der Waals surface area contributed by atoms with E-state index in [2.05, 4.69) is 62.4 Å². The monoisotopic (exact) mass is 571 g/mol. The van der Waals surface area contributed by atoms with E-state index in [4.69, 9.17) is 47.0 Å². The highest BCUT2D eigenvalue weighted by Gasteiger charge is 2.41. The number of hydrogen-bond donors (Lipinski definition) is 1. The Bertz CT molecular complexity index is 901. The molecule has 2 aromatic rings. The van der Waals surface area contributed by atoms with E-state index in [0.29, 0.717) is 6.61 Å². The molecule has 0 aliphatic carbocycles. The number of hydrogen-bond acceptors (Lipinski definition) is 11. The van der Waals surface area contributed by atoms with Crippen molar-refractivity contribution in [3.8, 4) is 0 Å². The van der Waals surface area contributed by atoms with E-state index in [0.717, 1.165) is 18.1 Å². The van der Waals surface area contributed by atoms with Crippen LogP contribution < -0.4 is 32.6 Å². The minimum atomic E-state index is -4.94. The molecule has 1 aliphatic heterocycles. The first kappa shape index (κ1) is 31.9. The van der Waals surface area contributed by atoms with Gasteiger partial charge in [0.25, 0.3) is 0 Å². The first-order valence-corrected chi connectivity index (χ1v) is 14.8. The zero-order valence-corrected chi connectivity index (χ0v) is 22.6. The van der Waals surface area contributed by atoms with E-state index in [1.807, 2.05) is 25.6 Å². The number of fused-ring (bicyclic) bond motifs is 2. The zero-order valence-electron chi connectivity index (χ0n) is 19.5. The first-order chi connectivity index (χ1) is 16.1. The summed E-state index contributed by atoms with van der Waals surface area (Å²) < 4.78 is 72.3. The minimum absolute atomic E-state index is 0.0323. The van der Waals surface area contributed by atoms with Crippen LogP contribution in [0.2, 0.25) is 0 Å². The standard InChI is InChI=1S/C21H26NOS2.2ClHO4/c1-5-21(4,22-16(3)23-6-2)15-25-19-13-9-7-11-17(19)24-18-12-8-10-14-20(18)25;2*2-1(3,4)5/h7-14H,5-6,15H2,1-4H3;2*(H,2,3,4,5)/q+1;;/p-1. The van der Waals surface area contributed by atoms with Gasteiger partial charge in [-0.3, -0.25) is 0 Å². The summed E-state index contributed by atoms with van der Waals surface area (Å²) in [5.74, 6) is 1.81. The van der Waals surface area contributed by atoms with Crippen molar-refractivity contribution in [1.82, 2.24) is 0 Å². The highest BCUT2D eigenvalue weighted by Crippen LogP contribution is 2.46. The lowest BCUT2D eigenvalue weighted by atomic mass is 10.0. The fourth-order valence-corrected chi connectivity index (χ4v) is 7.28. The maximum absolute atomic E-state index is 8.60. The summed E-state index contributed by atoms with van der Waals surface area (Å²) in [5, 5.41) is 0. The van der Waals surface area contributed by atoms with Crippen molar-refractivity contribution in [1.29, 1.82) is 0 Å². The minimum Gasteiger partial charge on any atom is -0.481 e. The molecule has 0 spiro atoms. The molecule has 0 fully saturated rings. The van der Waals surface area contributed by atoms with Crippen molar-refractivity contribution in [2.75, 3.05) is 12.4 Å². The molecule has 1 aliphatic rings. The summed E-state index contributed by atoms with van der Waals surface area (Å²) in [6, 6.07) is 17.7. The molecule has 1 N–H and O–H groups in total. The zero-order chi connectivity index (χ0) is 26.9. The summed E-state index contributed by atoms with van der Waals surface area (Å²) in [7, 11) is -9.61. The van der Waals surface area contributed by atoms with E-state index < -0.39 is 20.5 Å². The van der Waals surface area contributed by atoms with Gasteiger partial charge in [-0.2, -0.15) is 14.0 Å². The van der Waals surface area contributed by atoms with E-state index in [1.165, 1.54) is 19.6 Å². The van der Waals surface area contributed by atoms with Gasteiger partial charge in [0.1, 0.15) is 11.3 Å². The second-order valence-electron chi connectivity index (χ2n) is 7.22. The molecule has 10 nitrogen and oxygen atoms in total. The topological polar surface area (TPSA) is 203 Å². The summed E-state index contributed by atoms with van der Waals surface area (Å²) >= 11 is 1.89. The normalized spacial score (nSPS) is 15.4. The molecule has 3 rings (SSSR count). The van der Waals surface area contributed by atoms with Crippen molar-refractivity contribution < 1.29 is 62.5 Å². The largest absolute Gasteiger partial charge is 0.481 e. The van der Waals surface area contributed by atoms with Gasteiger partial charge >= 0.3 is 0 Å². The van der Waals surface area contributed by atoms with Crippen molar-refractivity contribution in [2.45, 2.75) is 59.2 Å². The van der Waals surface area contributed by atoms with E-state index in [9.17, 15) is 0 Å². The Morgan fingerprint density at radius 1 is 0.943 bits per heavy atom. The number of nitrogens with zero attached hydrogens (tertiary/aromatic N) is 1. The van der Waals surface area contributed by atoms with Crippen LogP contribution in [0, 0.1) is 20.5 Å². The van der Waals surface area contributed by atoms with Crippen LogP contribution in [-0.2, 0) is 15.6 Å². The lowest BCUT2D eigenvalue weighted by molar-refractivity contribution is -2.00. The fourth-order valence-electron chi connectivity index (χ4n) is 3.01. The quantitative estimate of drug-likeness (QED) is 0.218. The smallest absolute Gasteiger partial charge is 0.180 e. The fraction of sp³-hybridized carbons (Fsp3) is 0.381. The van der Waals surface area contributed by atoms with Crippen molar-refractivity contribution >= 4 is 28.6 Å². The second kappa shape index (κ2) is 14.0. The maximum Gasteiger partial charge on any atom is 0.180 e. The Balaban J connectivity index is 0.000000519. The molecule has 14 heteroatoms. The molecule has 0 amide bonds. The SMILES string of the molecule is CCOC(C)=NC(C)(CC)C[S+]1c2ccccc2Sc2ccccc21.[O-][Cl+3]([O-])([O-])O.[O-][Cl+3]([O-])([O-])[O-]. The van der Waals surface area contributed by atoms with Crippen LogP contribution in [0.3, 0.4) is 0 Å². The highest BCUT2D eigenvalue weighted by atomic mass is 35.7. The van der Waals surface area contributed by atoms with Crippen molar-refractivity contribution in [3.63, 3.8) is 0 Å². The molecular weight excluding hydrogens is 545 g/mol. The summed E-state index contributed by atoms with van der Waals surface area (Å²) in [6.45, 7) is 9.13. The van der Waals surface area contributed by atoms with Gasteiger partial charge in [-0.05, 0) is 44.5 Å². The predicted octanol–water partition coefficient (Wildman–Crippen LogP) is -3.07. The summed E-state index contributed by atoms with van der Waals surface area (Å²) in [5.41, 5.74) is -0.120. The molecule has 0 radical (unpaired) electrons. The molecule has 196 valence electrons. The van der Waals surface area contributed by atoms with Gasteiger partial charge in [-0.25, -0.2) is 23.6 Å². The molecule has 1 heterocycles. The lowest BCUT2D eigenvalue weighted by Gasteiger charge is -2.27. The van der Waals surface area contributed by atoms with Crippen LogP contribution in [0.25, 0.3) is 0 Å². The second-order valence-corrected chi connectivity index (χ2v) is 11.8. The van der Waals surface area contributed by atoms with Crippen LogP contribution in [0.1, 0.15) is 34.1 Å². The van der Waals surface area contributed by atoms with Crippen LogP contribution in [0.5, 0.6) is 0 Å². The molecule has 0 saturated heterocycles. The van der Waals surface area contributed by atoms with Crippen molar-refractivity contribution in [3.05, 3.63) is 48.5 Å². The van der Waals surface area contributed by atoms with Gasteiger partial charge < -0.3 is 4.74 Å². The maximum atomic E-state index is 8.60. The Labute approximate surface area is 215 Å². The number of benzene rings is 2. The molecule has 0 bridgehead atoms. The molecular formula is C21H27Cl2NO9S2. The average Bonchev–Trinajstić information content (AvgIpc) is 2.71. The Kier molecular flexibility index (Phi) is 12.7. The Morgan fingerprint density at radius 3 is 1.71 bits per heavy atom. The molecule has 1 atom stereocenters. The van der Waals surface area contributed by atoms with Gasteiger partial charge in [0.15, 0.2) is 15.7 Å². The van der Waals surface area contributed by atoms with Gasteiger partial charge in [0.05, 0.1) is 42.2 Å². The van der Waals surface area contributed by atoms with E-state index in [1.54, 1.807) is 0 Å². The first-order valence-electron chi connectivity index (χ1n) is 10.1. The van der Waals surface area contributed by atoms with Crippen LogP contribution in [0.4, 0.5) is 0 Å². The molecule has 0 saturated carbocycles. The molecule has 35 heavy (non-hydrogen) atoms. The van der Waals surface area contributed by atoms with Gasteiger partial charge in [-0.1, -0.05) is 43.0 Å². The molecule has 0 aromatic heterocycles. The van der Waals surface area contributed by atoms with E-state index >= 15 is 0 Å². The summed E-state index contributed by atoms with van der Waals surface area (Å²) in [6.07, 6.45) is 0.998. The Morgan fingerprint density at radius 2 is 1.34 bits per heavy atom. The number of rotatable bonds is 5.